The third kappa shape index (κ3) is 10.7. The lowest BCUT2D eigenvalue weighted by atomic mass is 10.4. The largest absolute Gasteiger partial charge is 0.366 e. The molecule has 0 amide bonds. The maximum Gasteiger partial charge on any atom is 0.159 e. The number of rotatable bonds is 1. The molecular weight excluding hydrogens is 115 g/mol. The molecule has 0 bridgehead atoms. The lowest BCUT2D eigenvalue weighted by Gasteiger charge is -2.12. The van der Waals surface area contributed by atoms with Gasteiger partial charge in [0.05, 0.1) is 0 Å². The molecule has 2 nitrogen and oxygen atoms in total. The van der Waals surface area contributed by atoms with Gasteiger partial charge >= 0.3 is 0 Å². The molecule has 0 aromatic carbocycles. The topological polar surface area (TPSA) is 29.5 Å². The van der Waals surface area contributed by atoms with Crippen LogP contribution in [0.3, 0.4) is 0 Å². The Morgan fingerprint density at radius 3 is 1.57 bits per heavy atom. The number of hydrogen-bond acceptors (Lipinski definition) is 2. The van der Waals surface area contributed by atoms with E-state index in [2.05, 4.69) is 4.74 Å². The molecule has 0 spiro atoms. The first kappa shape index (κ1) is 10.2. The van der Waals surface area contributed by atoms with E-state index >= 15 is 0 Å². The normalized spacial score (nSPS) is 10.3. The molecule has 0 saturated carbocycles. The van der Waals surface area contributed by atoms with E-state index in [1.807, 2.05) is 0 Å². The number of aliphatic hydroxyl groups is 1. The molecule has 7 heavy (non-hydrogen) atoms. The number of ether oxygens (including phenoxy) is 1. The van der Waals surface area contributed by atoms with Crippen LogP contribution in [-0.2, 0) is 4.74 Å². The van der Waals surface area contributed by atoms with Crippen molar-refractivity contribution in [3.63, 3.8) is 0 Å². The van der Waals surface area contributed by atoms with Gasteiger partial charge in [-0.15, -0.1) is 12.4 Å². The molecule has 1 N–H and O–H groups in total. The molecule has 0 radical (unpaired) electrons. The van der Waals surface area contributed by atoms with Gasteiger partial charge < -0.3 is 9.84 Å². The maximum atomic E-state index is 8.60. The summed E-state index contributed by atoms with van der Waals surface area (Å²) in [5.74, 6) is -0.958. The Bertz CT molecular complexity index is 39.4. The van der Waals surface area contributed by atoms with Crippen LogP contribution in [0.25, 0.3) is 0 Å². The average Bonchev–Trinajstić information content (AvgIpc) is 1.35. The summed E-state index contributed by atoms with van der Waals surface area (Å²) in [7, 11) is 1.46. The second kappa shape index (κ2) is 3.24. The highest BCUT2D eigenvalue weighted by Crippen LogP contribution is 1.97. The highest BCUT2D eigenvalue weighted by Gasteiger charge is 2.06. The van der Waals surface area contributed by atoms with Crippen LogP contribution in [-0.4, -0.2) is 18.0 Å². The van der Waals surface area contributed by atoms with Gasteiger partial charge in [-0.05, 0) is 13.8 Å². The van der Waals surface area contributed by atoms with Crippen molar-refractivity contribution in [2.45, 2.75) is 19.6 Å². The predicted molar refractivity (Wildman–Crippen MR) is 30.6 cm³/mol. The minimum atomic E-state index is -0.958. The van der Waals surface area contributed by atoms with Crippen LogP contribution in [0.2, 0.25) is 0 Å². The summed E-state index contributed by atoms with van der Waals surface area (Å²) >= 11 is 0. The van der Waals surface area contributed by atoms with E-state index in [0.29, 0.717) is 0 Å². The summed E-state index contributed by atoms with van der Waals surface area (Å²) < 4.78 is 4.49. The molecule has 0 aromatic heterocycles. The van der Waals surface area contributed by atoms with Crippen LogP contribution in [0.1, 0.15) is 13.8 Å². The minimum Gasteiger partial charge on any atom is -0.366 e. The van der Waals surface area contributed by atoms with Gasteiger partial charge in [0, 0.05) is 7.11 Å². The molecule has 0 aliphatic heterocycles. The summed E-state index contributed by atoms with van der Waals surface area (Å²) in [5.41, 5.74) is 0. The zero-order chi connectivity index (χ0) is 5.21. The standard InChI is InChI=1S/C4H10O2.ClH/c1-4(2,5)6-3;/h5H,1-3H3;1H. The monoisotopic (exact) mass is 126 g/mol. The van der Waals surface area contributed by atoms with Gasteiger partial charge in [-0.1, -0.05) is 0 Å². The third-order valence-electron chi connectivity index (χ3n) is 0.500. The fraction of sp³-hybridized carbons (Fsp3) is 1.00. The third-order valence-corrected chi connectivity index (χ3v) is 0.500. The molecule has 0 atom stereocenters. The van der Waals surface area contributed by atoms with Crippen LogP contribution in [0.5, 0.6) is 0 Å². The Balaban J connectivity index is 0. The van der Waals surface area contributed by atoms with Crippen molar-refractivity contribution in [1.82, 2.24) is 0 Å². The summed E-state index contributed by atoms with van der Waals surface area (Å²) in [6.07, 6.45) is 0. The first-order valence-corrected chi connectivity index (χ1v) is 1.84. The summed E-state index contributed by atoms with van der Waals surface area (Å²) in [4.78, 5) is 0. The first-order chi connectivity index (χ1) is 2.56. The smallest absolute Gasteiger partial charge is 0.159 e. The fourth-order valence-corrected chi connectivity index (χ4v) is 0. The van der Waals surface area contributed by atoms with Crippen molar-refractivity contribution in [3.8, 4) is 0 Å². The predicted octanol–water partition coefficient (Wildman–Crippen LogP) is 0.783. The van der Waals surface area contributed by atoms with Gasteiger partial charge in [-0.25, -0.2) is 0 Å². The van der Waals surface area contributed by atoms with Gasteiger partial charge in [-0.3, -0.25) is 0 Å². The van der Waals surface area contributed by atoms with E-state index in [4.69, 9.17) is 5.11 Å². The van der Waals surface area contributed by atoms with Crippen molar-refractivity contribution in [2.24, 2.45) is 0 Å². The van der Waals surface area contributed by atoms with Crippen molar-refractivity contribution in [3.05, 3.63) is 0 Å². The second-order valence-electron chi connectivity index (χ2n) is 1.65. The van der Waals surface area contributed by atoms with Crippen molar-refractivity contribution in [1.29, 1.82) is 0 Å². The van der Waals surface area contributed by atoms with Crippen molar-refractivity contribution < 1.29 is 9.84 Å². The van der Waals surface area contributed by atoms with Crippen LogP contribution in [0.15, 0.2) is 0 Å². The highest BCUT2D eigenvalue weighted by molar-refractivity contribution is 5.85. The van der Waals surface area contributed by atoms with Crippen molar-refractivity contribution >= 4 is 12.4 Å². The maximum absolute atomic E-state index is 8.60. The molecule has 0 saturated heterocycles. The quantitative estimate of drug-likeness (QED) is 0.527. The van der Waals surface area contributed by atoms with Crippen LogP contribution < -0.4 is 0 Å². The van der Waals surface area contributed by atoms with Crippen LogP contribution >= 0.6 is 12.4 Å². The Morgan fingerprint density at radius 2 is 1.57 bits per heavy atom. The molecule has 46 valence electrons. The zero-order valence-electron chi connectivity index (χ0n) is 4.76. The number of methoxy groups -OCH3 is 1. The molecule has 0 rings (SSSR count). The Hall–Kier alpha value is 0.210. The zero-order valence-corrected chi connectivity index (χ0v) is 5.58. The molecule has 0 heterocycles. The molecule has 0 unspecified atom stereocenters. The molecule has 3 heteroatoms. The number of halogens is 1. The van der Waals surface area contributed by atoms with Gasteiger partial charge in [-0.2, -0.15) is 0 Å². The summed E-state index contributed by atoms with van der Waals surface area (Å²) in [6.45, 7) is 3.15. The van der Waals surface area contributed by atoms with E-state index < -0.39 is 5.79 Å². The van der Waals surface area contributed by atoms with E-state index in [-0.39, 0.29) is 12.4 Å². The SMILES string of the molecule is COC(C)(C)O.Cl. The van der Waals surface area contributed by atoms with Crippen molar-refractivity contribution in [2.75, 3.05) is 7.11 Å². The fourth-order valence-electron chi connectivity index (χ4n) is 0. The summed E-state index contributed by atoms with van der Waals surface area (Å²) in [5, 5.41) is 8.60. The second-order valence-corrected chi connectivity index (χ2v) is 1.65. The van der Waals surface area contributed by atoms with Gasteiger partial charge in [0.25, 0.3) is 0 Å². The molecular formula is C4H11ClO2. The molecule has 0 aromatic rings. The van der Waals surface area contributed by atoms with Crippen LogP contribution in [0, 0.1) is 0 Å². The Morgan fingerprint density at radius 1 is 1.43 bits per heavy atom. The average molecular weight is 127 g/mol. The lowest BCUT2D eigenvalue weighted by molar-refractivity contribution is -0.155. The van der Waals surface area contributed by atoms with E-state index in [9.17, 15) is 0 Å². The minimum absolute atomic E-state index is 0. The molecule has 0 aliphatic carbocycles. The summed E-state index contributed by atoms with van der Waals surface area (Å²) in [6, 6.07) is 0. The molecule has 0 fully saturated rings. The Labute approximate surface area is 49.9 Å². The Kier molecular flexibility index (Phi) is 4.75. The van der Waals surface area contributed by atoms with Gasteiger partial charge in [0.1, 0.15) is 0 Å². The van der Waals surface area contributed by atoms with Gasteiger partial charge in [0.2, 0.25) is 0 Å². The number of hydrogen-bond donors (Lipinski definition) is 1. The highest BCUT2D eigenvalue weighted by atomic mass is 35.5. The van der Waals surface area contributed by atoms with Gasteiger partial charge in [0.15, 0.2) is 5.79 Å². The first-order valence-electron chi connectivity index (χ1n) is 1.84. The van der Waals surface area contributed by atoms with Crippen LogP contribution in [0.4, 0.5) is 0 Å². The van der Waals surface area contributed by atoms with E-state index in [1.165, 1.54) is 7.11 Å². The van der Waals surface area contributed by atoms with E-state index in [0.717, 1.165) is 0 Å². The lowest BCUT2D eigenvalue weighted by Crippen LogP contribution is -2.20. The molecule has 0 aliphatic rings. The van der Waals surface area contributed by atoms with E-state index in [1.54, 1.807) is 13.8 Å².